The molecule has 1 aromatic carbocycles. The summed E-state index contributed by atoms with van der Waals surface area (Å²) in [5, 5.41) is 2.75. The number of amides is 2. The third kappa shape index (κ3) is 4.54. The van der Waals surface area contributed by atoms with Crippen LogP contribution in [0.2, 0.25) is 0 Å². The van der Waals surface area contributed by atoms with E-state index >= 15 is 0 Å². The van der Waals surface area contributed by atoms with E-state index in [0.29, 0.717) is 0 Å². The van der Waals surface area contributed by atoms with Crippen molar-refractivity contribution in [3.8, 4) is 0 Å². The lowest BCUT2D eigenvalue weighted by Crippen LogP contribution is -2.50. The number of carbonyl (C=O) groups is 2. The van der Waals surface area contributed by atoms with Crippen molar-refractivity contribution in [1.82, 2.24) is 10.2 Å². The molecular formula is C16H22N2O4S. The highest BCUT2D eigenvalue weighted by atomic mass is 32.2. The van der Waals surface area contributed by atoms with Gasteiger partial charge in [0.1, 0.15) is 6.04 Å². The van der Waals surface area contributed by atoms with Gasteiger partial charge < -0.3 is 10.2 Å². The van der Waals surface area contributed by atoms with Crippen LogP contribution in [0.1, 0.15) is 25.5 Å². The van der Waals surface area contributed by atoms with Gasteiger partial charge in [-0.3, -0.25) is 4.79 Å². The van der Waals surface area contributed by atoms with Crippen molar-refractivity contribution in [2.75, 3.05) is 24.6 Å². The fourth-order valence-corrected chi connectivity index (χ4v) is 3.63. The van der Waals surface area contributed by atoms with E-state index in [0.717, 1.165) is 5.56 Å². The first kappa shape index (κ1) is 17.5. The summed E-state index contributed by atoms with van der Waals surface area (Å²) in [6.45, 7) is 3.90. The number of carbonyl (C=O) groups excluding carboxylic acids is 2. The van der Waals surface area contributed by atoms with Crippen LogP contribution in [0.4, 0.5) is 4.79 Å². The molecular weight excluding hydrogens is 316 g/mol. The van der Waals surface area contributed by atoms with E-state index in [4.69, 9.17) is 0 Å². The zero-order chi connectivity index (χ0) is 17.0. The van der Waals surface area contributed by atoms with Crippen molar-refractivity contribution >= 4 is 21.7 Å². The van der Waals surface area contributed by atoms with Crippen molar-refractivity contribution in [3.63, 3.8) is 0 Å². The molecule has 2 amide bonds. The van der Waals surface area contributed by atoms with Gasteiger partial charge in [0.2, 0.25) is 0 Å². The van der Waals surface area contributed by atoms with E-state index in [2.05, 4.69) is 5.32 Å². The van der Waals surface area contributed by atoms with Gasteiger partial charge >= 0.3 is 6.03 Å². The first-order valence-corrected chi connectivity index (χ1v) is 9.47. The predicted octanol–water partition coefficient (Wildman–Crippen LogP) is 1.39. The van der Waals surface area contributed by atoms with Crippen LogP contribution in [0.15, 0.2) is 30.3 Å². The second-order valence-electron chi connectivity index (χ2n) is 5.99. The van der Waals surface area contributed by atoms with Crippen molar-refractivity contribution < 1.29 is 18.0 Å². The Kier molecular flexibility index (Phi) is 5.41. The van der Waals surface area contributed by atoms with Crippen LogP contribution in [0.25, 0.3) is 0 Å². The molecule has 0 radical (unpaired) electrons. The number of benzene rings is 1. The minimum absolute atomic E-state index is 0.0332. The van der Waals surface area contributed by atoms with E-state index in [1.165, 1.54) is 4.90 Å². The lowest BCUT2D eigenvalue weighted by atomic mass is 9.95. The van der Waals surface area contributed by atoms with Crippen LogP contribution in [0.3, 0.4) is 0 Å². The van der Waals surface area contributed by atoms with E-state index < -0.39 is 21.9 Å². The van der Waals surface area contributed by atoms with Crippen molar-refractivity contribution in [2.45, 2.75) is 19.9 Å². The molecule has 0 aliphatic carbocycles. The molecule has 1 aliphatic heterocycles. The summed E-state index contributed by atoms with van der Waals surface area (Å²) < 4.78 is 22.9. The Morgan fingerprint density at radius 1 is 1.09 bits per heavy atom. The first-order chi connectivity index (χ1) is 10.8. The third-order valence-corrected chi connectivity index (χ3v) is 5.50. The Labute approximate surface area is 136 Å². The molecule has 0 aromatic heterocycles. The standard InChI is InChI=1S/C16H22N2O4S/c1-12(2)15(19)14(13-6-4-3-5-7-13)17-16(20)18-8-10-23(21,22)11-9-18/h3-7,12,14H,8-11H2,1-2H3,(H,17,20)/t14-/m1/s1. The number of hydrogen-bond donors (Lipinski definition) is 1. The molecule has 0 saturated carbocycles. The summed E-state index contributed by atoms with van der Waals surface area (Å²) in [4.78, 5) is 26.3. The van der Waals surface area contributed by atoms with E-state index in [1.54, 1.807) is 26.0 Å². The van der Waals surface area contributed by atoms with Gasteiger partial charge in [-0.25, -0.2) is 13.2 Å². The molecule has 1 N–H and O–H groups in total. The maximum absolute atomic E-state index is 12.4. The van der Waals surface area contributed by atoms with Gasteiger partial charge in [-0.1, -0.05) is 44.2 Å². The average Bonchev–Trinajstić information content (AvgIpc) is 2.52. The maximum Gasteiger partial charge on any atom is 0.318 e. The van der Waals surface area contributed by atoms with E-state index in [-0.39, 0.29) is 36.3 Å². The third-order valence-electron chi connectivity index (χ3n) is 3.89. The summed E-state index contributed by atoms with van der Waals surface area (Å²) in [6.07, 6.45) is 0. The van der Waals surface area contributed by atoms with E-state index in [9.17, 15) is 18.0 Å². The largest absolute Gasteiger partial charge is 0.324 e. The van der Waals surface area contributed by atoms with Crippen LogP contribution >= 0.6 is 0 Å². The van der Waals surface area contributed by atoms with E-state index in [1.807, 2.05) is 18.2 Å². The predicted molar refractivity (Wildman–Crippen MR) is 87.8 cm³/mol. The molecule has 6 nitrogen and oxygen atoms in total. The SMILES string of the molecule is CC(C)C(=O)[C@H](NC(=O)N1CCS(=O)(=O)CC1)c1ccccc1. The summed E-state index contributed by atoms with van der Waals surface area (Å²) >= 11 is 0. The molecule has 1 fully saturated rings. The van der Waals surface area contributed by atoms with Crippen LogP contribution in [0, 0.1) is 5.92 Å². The first-order valence-electron chi connectivity index (χ1n) is 7.65. The number of urea groups is 1. The van der Waals surface area contributed by atoms with Crippen LogP contribution < -0.4 is 5.32 Å². The molecule has 23 heavy (non-hydrogen) atoms. The van der Waals surface area contributed by atoms with Gasteiger partial charge in [0.15, 0.2) is 15.6 Å². The quantitative estimate of drug-likeness (QED) is 0.899. The highest BCUT2D eigenvalue weighted by Gasteiger charge is 2.29. The molecule has 1 aromatic rings. The Morgan fingerprint density at radius 3 is 2.17 bits per heavy atom. The molecule has 1 atom stereocenters. The molecule has 0 bridgehead atoms. The molecule has 2 rings (SSSR count). The molecule has 1 heterocycles. The lowest BCUT2D eigenvalue weighted by Gasteiger charge is -2.29. The topological polar surface area (TPSA) is 83.6 Å². The normalized spacial score (nSPS) is 18.5. The zero-order valence-corrected chi connectivity index (χ0v) is 14.2. The number of nitrogens with one attached hydrogen (secondary N) is 1. The smallest absolute Gasteiger partial charge is 0.318 e. The molecule has 0 unspecified atom stereocenters. The van der Waals surface area contributed by atoms with Crippen molar-refractivity contribution in [1.29, 1.82) is 0 Å². The number of rotatable bonds is 4. The second-order valence-corrected chi connectivity index (χ2v) is 8.29. The Balaban J connectivity index is 2.12. The number of sulfone groups is 1. The van der Waals surface area contributed by atoms with Crippen molar-refractivity contribution in [3.05, 3.63) is 35.9 Å². The van der Waals surface area contributed by atoms with Gasteiger partial charge in [-0.05, 0) is 5.56 Å². The fraction of sp³-hybridized carbons (Fsp3) is 0.500. The van der Waals surface area contributed by atoms with Gasteiger partial charge in [-0.2, -0.15) is 0 Å². The van der Waals surface area contributed by atoms with Crippen LogP contribution in [0.5, 0.6) is 0 Å². The Bertz CT molecular complexity index is 657. The Hall–Kier alpha value is -1.89. The average molecular weight is 338 g/mol. The number of nitrogens with zero attached hydrogens (tertiary/aromatic N) is 1. The minimum atomic E-state index is -3.05. The number of hydrogen-bond acceptors (Lipinski definition) is 4. The molecule has 1 aliphatic rings. The summed E-state index contributed by atoms with van der Waals surface area (Å²) in [5.41, 5.74) is 0.726. The van der Waals surface area contributed by atoms with Gasteiger partial charge in [0.05, 0.1) is 11.5 Å². The second kappa shape index (κ2) is 7.12. The monoisotopic (exact) mass is 338 g/mol. The number of Topliss-reactive ketones (excluding diaryl/α,β-unsaturated/α-hetero) is 1. The highest BCUT2D eigenvalue weighted by Crippen LogP contribution is 2.18. The number of ketones is 1. The molecule has 0 spiro atoms. The fourth-order valence-electron chi connectivity index (χ4n) is 2.43. The Morgan fingerprint density at radius 2 is 1.65 bits per heavy atom. The zero-order valence-electron chi connectivity index (χ0n) is 13.4. The minimum Gasteiger partial charge on any atom is -0.324 e. The summed E-state index contributed by atoms with van der Waals surface area (Å²) in [7, 11) is -3.05. The molecule has 126 valence electrons. The van der Waals surface area contributed by atoms with Crippen molar-refractivity contribution in [2.24, 2.45) is 5.92 Å². The molecule has 1 saturated heterocycles. The lowest BCUT2D eigenvalue weighted by molar-refractivity contribution is -0.123. The van der Waals surface area contributed by atoms with Crippen LogP contribution in [-0.4, -0.2) is 49.7 Å². The summed E-state index contributed by atoms with van der Waals surface area (Å²) in [5.74, 6) is -0.361. The molecule has 7 heteroatoms. The van der Waals surface area contributed by atoms with Gasteiger partial charge in [-0.15, -0.1) is 0 Å². The van der Waals surface area contributed by atoms with Gasteiger partial charge in [0, 0.05) is 19.0 Å². The maximum atomic E-state index is 12.4. The summed E-state index contributed by atoms with van der Waals surface area (Å²) in [6, 6.07) is 7.95. The van der Waals surface area contributed by atoms with Crippen LogP contribution in [-0.2, 0) is 14.6 Å². The van der Waals surface area contributed by atoms with Gasteiger partial charge in [0.25, 0.3) is 0 Å². The highest BCUT2D eigenvalue weighted by molar-refractivity contribution is 7.91.